The quantitative estimate of drug-likeness (QED) is 0.655. The molecule has 1 aliphatic rings. The summed E-state index contributed by atoms with van der Waals surface area (Å²) in [4.78, 5) is 0. The van der Waals surface area contributed by atoms with Crippen molar-refractivity contribution in [2.75, 3.05) is 0 Å². The first-order valence-electron chi connectivity index (χ1n) is 8.47. The summed E-state index contributed by atoms with van der Waals surface area (Å²) in [5.41, 5.74) is 1.57. The summed E-state index contributed by atoms with van der Waals surface area (Å²) < 4.78 is 2.22. The summed E-state index contributed by atoms with van der Waals surface area (Å²) in [6, 6.07) is 9.40. The summed E-state index contributed by atoms with van der Waals surface area (Å²) in [6.07, 6.45) is 10.5. The molecule has 3 rings (SSSR count). The molecule has 2 aromatic rings. The van der Waals surface area contributed by atoms with Crippen molar-refractivity contribution in [3.05, 3.63) is 46.0 Å². The number of hydrogen-bond acceptors (Lipinski definition) is 4. The standard InChI is InChI=1S/C18H21N5S/c19-12-15-6-8-16(9-7-15)13-20-23-17(21-22-18(23)24)11-10-14-4-2-1-3-5-14/h6-9,13-14H,1-5,10-11H2,(H,22,24)/b20-13-. The third-order valence-electron chi connectivity index (χ3n) is 4.58. The van der Waals surface area contributed by atoms with E-state index in [0.717, 1.165) is 30.1 Å². The lowest BCUT2D eigenvalue weighted by atomic mass is 9.86. The SMILES string of the molecule is N#Cc1ccc(/C=N\n2c(CCC3CCCCC3)n[nH]c2=S)cc1. The number of aromatic nitrogens is 3. The average Bonchev–Trinajstić information content (AvgIpc) is 2.99. The molecule has 124 valence electrons. The van der Waals surface area contributed by atoms with E-state index in [1.807, 2.05) is 12.1 Å². The van der Waals surface area contributed by atoms with E-state index in [1.54, 1.807) is 23.0 Å². The lowest BCUT2D eigenvalue weighted by Crippen LogP contribution is -2.09. The van der Waals surface area contributed by atoms with Gasteiger partial charge in [-0.2, -0.15) is 20.1 Å². The van der Waals surface area contributed by atoms with Crippen LogP contribution >= 0.6 is 12.2 Å². The number of rotatable bonds is 5. The van der Waals surface area contributed by atoms with Crippen LogP contribution in [0.1, 0.15) is 55.5 Å². The third-order valence-corrected chi connectivity index (χ3v) is 4.84. The van der Waals surface area contributed by atoms with Gasteiger partial charge in [0.25, 0.3) is 0 Å². The molecule has 1 fully saturated rings. The smallest absolute Gasteiger partial charge is 0.216 e. The van der Waals surface area contributed by atoms with Gasteiger partial charge in [-0.15, -0.1) is 0 Å². The fraction of sp³-hybridized carbons (Fsp3) is 0.444. The van der Waals surface area contributed by atoms with Crippen molar-refractivity contribution in [3.63, 3.8) is 0 Å². The number of H-pyrrole nitrogens is 1. The van der Waals surface area contributed by atoms with E-state index in [2.05, 4.69) is 21.4 Å². The number of benzene rings is 1. The molecular formula is C18H21N5S. The first kappa shape index (κ1) is 16.6. The van der Waals surface area contributed by atoms with Crippen LogP contribution in [-0.4, -0.2) is 21.1 Å². The van der Waals surface area contributed by atoms with Gasteiger partial charge < -0.3 is 0 Å². The molecule has 0 atom stereocenters. The largest absolute Gasteiger partial charge is 0.250 e. The van der Waals surface area contributed by atoms with Gasteiger partial charge in [-0.05, 0) is 42.3 Å². The second-order valence-corrected chi connectivity index (χ2v) is 6.66. The van der Waals surface area contributed by atoms with Gasteiger partial charge in [0, 0.05) is 6.42 Å². The molecule has 1 saturated carbocycles. The monoisotopic (exact) mass is 339 g/mol. The molecule has 0 aliphatic heterocycles. The van der Waals surface area contributed by atoms with E-state index in [1.165, 1.54) is 32.1 Å². The van der Waals surface area contributed by atoms with Gasteiger partial charge >= 0.3 is 0 Å². The molecule has 5 nitrogen and oxygen atoms in total. The molecule has 6 heteroatoms. The minimum Gasteiger partial charge on any atom is -0.250 e. The van der Waals surface area contributed by atoms with Gasteiger partial charge in [0.2, 0.25) is 4.77 Å². The lowest BCUT2D eigenvalue weighted by molar-refractivity contribution is 0.336. The van der Waals surface area contributed by atoms with Crippen LogP contribution in [0.4, 0.5) is 0 Å². The Balaban J connectivity index is 1.68. The Morgan fingerprint density at radius 3 is 2.75 bits per heavy atom. The minimum absolute atomic E-state index is 0.513. The Morgan fingerprint density at radius 2 is 2.04 bits per heavy atom. The van der Waals surface area contributed by atoms with E-state index >= 15 is 0 Å². The predicted molar refractivity (Wildman–Crippen MR) is 96.5 cm³/mol. The van der Waals surface area contributed by atoms with E-state index in [0.29, 0.717) is 10.3 Å². The fourth-order valence-corrected chi connectivity index (χ4v) is 3.38. The molecule has 0 spiro atoms. The fourth-order valence-electron chi connectivity index (χ4n) is 3.18. The zero-order chi connectivity index (χ0) is 16.8. The van der Waals surface area contributed by atoms with Crippen molar-refractivity contribution >= 4 is 18.4 Å². The highest BCUT2D eigenvalue weighted by molar-refractivity contribution is 7.71. The van der Waals surface area contributed by atoms with Crippen LogP contribution in [-0.2, 0) is 6.42 Å². The van der Waals surface area contributed by atoms with Crippen LogP contribution in [0.15, 0.2) is 29.4 Å². The summed E-state index contributed by atoms with van der Waals surface area (Å²) >= 11 is 5.29. The van der Waals surface area contributed by atoms with Crippen molar-refractivity contribution in [2.24, 2.45) is 11.0 Å². The lowest BCUT2D eigenvalue weighted by Gasteiger charge is -2.20. The Morgan fingerprint density at radius 1 is 1.29 bits per heavy atom. The molecule has 1 aromatic carbocycles. The maximum atomic E-state index is 8.83. The normalized spacial score (nSPS) is 15.6. The molecule has 0 unspecified atom stereocenters. The van der Waals surface area contributed by atoms with Gasteiger partial charge in [0.1, 0.15) is 0 Å². The summed E-state index contributed by atoms with van der Waals surface area (Å²) in [7, 11) is 0. The van der Waals surface area contributed by atoms with Crippen molar-refractivity contribution < 1.29 is 0 Å². The molecule has 0 saturated heterocycles. The number of aromatic amines is 1. The van der Waals surface area contributed by atoms with Crippen LogP contribution in [0.3, 0.4) is 0 Å². The number of nitrogens with one attached hydrogen (secondary N) is 1. The van der Waals surface area contributed by atoms with Gasteiger partial charge in [-0.3, -0.25) is 5.10 Å². The van der Waals surface area contributed by atoms with E-state index < -0.39 is 0 Å². The molecule has 0 bridgehead atoms. The third kappa shape index (κ3) is 4.18. The van der Waals surface area contributed by atoms with Gasteiger partial charge in [0.05, 0.1) is 17.8 Å². The topological polar surface area (TPSA) is 69.8 Å². The average molecular weight is 339 g/mol. The zero-order valence-electron chi connectivity index (χ0n) is 13.6. The second kappa shape index (κ2) is 8.02. The number of aryl methyl sites for hydroxylation is 1. The number of hydrogen-bond donors (Lipinski definition) is 1. The Hall–Kier alpha value is -2.26. The Kier molecular flexibility index (Phi) is 5.55. The van der Waals surface area contributed by atoms with Crippen molar-refractivity contribution in [1.29, 1.82) is 5.26 Å². The van der Waals surface area contributed by atoms with E-state index in [4.69, 9.17) is 17.5 Å². The summed E-state index contributed by atoms with van der Waals surface area (Å²) in [6.45, 7) is 0. The highest BCUT2D eigenvalue weighted by atomic mass is 32.1. The highest BCUT2D eigenvalue weighted by Crippen LogP contribution is 2.27. The maximum Gasteiger partial charge on any atom is 0.216 e. The van der Waals surface area contributed by atoms with Crippen LogP contribution in [0.25, 0.3) is 0 Å². The second-order valence-electron chi connectivity index (χ2n) is 6.28. The number of nitriles is 1. The van der Waals surface area contributed by atoms with Crippen LogP contribution < -0.4 is 0 Å². The maximum absolute atomic E-state index is 8.83. The van der Waals surface area contributed by atoms with E-state index in [-0.39, 0.29) is 0 Å². The van der Waals surface area contributed by atoms with Crippen LogP contribution in [0, 0.1) is 22.0 Å². The highest BCUT2D eigenvalue weighted by Gasteiger charge is 2.15. The molecule has 1 N–H and O–H groups in total. The van der Waals surface area contributed by atoms with E-state index in [9.17, 15) is 0 Å². The van der Waals surface area contributed by atoms with Gasteiger partial charge in [0.15, 0.2) is 5.82 Å². The molecule has 1 heterocycles. The summed E-state index contributed by atoms with van der Waals surface area (Å²) in [5, 5.41) is 20.5. The molecule has 1 aliphatic carbocycles. The Labute approximate surface area is 147 Å². The minimum atomic E-state index is 0.513. The Bertz CT molecular complexity index is 788. The number of nitrogens with zero attached hydrogens (tertiary/aromatic N) is 4. The van der Waals surface area contributed by atoms with Crippen molar-refractivity contribution in [3.8, 4) is 6.07 Å². The van der Waals surface area contributed by atoms with Crippen LogP contribution in [0.5, 0.6) is 0 Å². The zero-order valence-corrected chi connectivity index (χ0v) is 14.4. The molecule has 0 radical (unpaired) electrons. The van der Waals surface area contributed by atoms with Gasteiger partial charge in [-0.25, -0.2) is 0 Å². The molecule has 0 amide bonds. The first-order valence-corrected chi connectivity index (χ1v) is 8.88. The first-order chi connectivity index (χ1) is 11.8. The predicted octanol–water partition coefficient (Wildman–Crippen LogP) is 4.21. The van der Waals surface area contributed by atoms with Crippen molar-refractivity contribution in [1.82, 2.24) is 14.9 Å². The molecule has 24 heavy (non-hydrogen) atoms. The van der Waals surface area contributed by atoms with Crippen molar-refractivity contribution in [2.45, 2.75) is 44.9 Å². The molecule has 1 aromatic heterocycles. The molecular weight excluding hydrogens is 318 g/mol. The van der Waals surface area contributed by atoms with Gasteiger partial charge in [-0.1, -0.05) is 44.2 Å². The van der Waals surface area contributed by atoms with Crippen LogP contribution in [0.2, 0.25) is 0 Å². The summed E-state index contributed by atoms with van der Waals surface area (Å²) in [5.74, 6) is 1.69.